The largest absolute Gasteiger partial charge is 0.497 e. The molecule has 0 atom stereocenters. The summed E-state index contributed by atoms with van der Waals surface area (Å²) in [5.41, 5.74) is 10.0. The van der Waals surface area contributed by atoms with Crippen LogP contribution in [0.1, 0.15) is 12.0 Å². The third-order valence-corrected chi connectivity index (χ3v) is 5.86. The number of aryl methyl sites for hydroxylation is 1. The van der Waals surface area contributed by atoms with Gasteiger partial charge >= 0.3 is 0 Å². The lowest BCUT2D eigenvalue weighted by molar-refractivity contribution is 0.306. The average molecular weight is 455 g/mol. The highest BCUT2D eigenvalue weighted by Gasteiger charge is 2.16. The van der Waals surface area contributed by atoms with Crippen molar-refractivity contribution in [3.05, 3.63) is 88.8 Å². The van der Waals surface area contributed by atoms with Gasteiger partial charge in [-0.3, -0.25) is 4.79 Å². The number of nitrogens with one attached hydrogen (secondary N) is 1. The molecule has 3 N–H and O–H groups in total. The number of benzene rings is 3. The van der Waals surface area contributed by atoms with Crippen molar-refractivity contribution in [3.8, 4) is 22.8 Å². The smallest absolute Gasteiger partial charge is 0.275 e. The second-order valence-electron chi connectivity index (χ2n) is 8.13. The van der Waals surface area contributed by atoms with E-state index in [4.69, 9.17) is 20.2 Å². The summed E-state index contributed by atoms with van der Waals surface area (Å²) in [6, 6.07) is 21.4. The molecule has 34 heavy (non-hydrogen) atoms. The second kappa shape index (κ2) is 9.41. The summed E-state index contributed by atoms with van der Waals surface area (Å²) in [7, 11) is 1.61. The van der Waals surface area contributed by atoms with Gasteiger partial charge in [0.15, 0.2) is 0 Å². The molecule has 172 valence electrons. The van der Waals surface area contributed by atoms with E-state index in [0.29, 0.717) is 35.6 Å². The van der Waals surface area contributed by atoms with E-state index >= 15 is 0 Å². The fourth-order valence-electron chi connectivity index (χ4n) is 4.11. The van der Waals surface area contributed by atoms with Crippen molar-refractivity contribution >= 4 is 21.9 Å². The summed E-state index contributed by atoms with van der Waals surface area (Å²) in [6.07, 6.45) is 2.80. The van der Waals surface area contributed by atoms with E-state index in [-0.39, 0.29) is 5.56 Å². The van der Waals surface area contributed by atoms with E-state index in [2.05, 4.69) is 9.55 Å². The van der Waals surface area contributed by atoms with E-state index in [9.17, 15) is 4.79 Å². The normalized spacial score (nSPS) is 11.2. The summed E-state index contributed by atoms with van der Waals surface area (Å²) in [4.78, 5) is 20.7. The Balaban J connectivity index is 1.61. The summed E-state index contributed by atoms with van der Waals surface area (Å²) in [5, 5.41) is 0.905. The number of fused-ring (bicyclic) bond motifs is 2. The van der Waals surface area contributed by atoms with Gasteiger partial charge in [0.05, 0.1) is 18.1 Å². The number of H-pyrrole nitrogens is 1. The fraction of sp³-hybridized carbons (Fsp3) is 0.185. The second-order valence-corrected chi connectivity index (χ2v) is 8.13. The third-order valence-electron chi connectivity index (χ3n) is 5.86. The minimum atomic E-state index is -0.244. The molecule has 0 unspecified atom stereocenters. The average Bonchev–Trinajstić information content (AvgIpc) is 3.23. The van der Waals surface area contributed by atoms with Crippen molar-refractivity contribution in [1.82, 2.24) is 14.5 Å². The molecule has 7 heteroatoms. The lowest BCUT2D eigenvalue weighted by Crippen LogP contribution is -2.11. The Bertz CT molecular complexity index is 1510. The van der Waals surface area contributed by atoms with Gasteiger partial charge in [0.25, 0.3) is 5.56 Å². The van der Waals surface area contributed by atoms with Crippen LogP contribution >= 0.6 is 0 Å². The maximum Gasteiger partial charge on any atom is 0.275 e. The molecule has 0 aliphatic heterocycles. The Morgan fingerprint density at radius 1 is 1.03 bits per heavy atom. The first kappa shape index (κ1) is 21.7. The number of aromatic nitrogens is 3. The molecule has 3 aromatic carbocycles. The number of nitrogens with zero attached hydrogens (tertiary/aromatic N) is 2. The lowest BCUT2D eigenvalue weighted by atomic mass is 10.1. The van der Waals surface area contributed by atoms with Gasteiger partial charge in [0.2, 0.25) is 0 Å². The number of rotatable bonds is 8. The van der Waals surface area contributed by atoms with Crippen molar-refractivity contribution in [3.63, 3.8) is 0 Å². The summed E-state index contributed by atoms with van der Waals surface area (Å²) in [6.45, 7) is 1.79. The van der Waals surface area contributed by atoms with Crippen molar-refractivity contribution in [2.24, 2.45) is 5.73 Å². The zero-order valence-electron chi connectivity index (χ0n) is 19.0. The summed E-state index contributed by atoms with van der Waals surface area (Å²) >= 11 is 0. The topological polar surface area (TPSA) is 95.2 Å². The Hall–Kier alpha value is -4.10. The highest BCUT2D eigenvalue weighted by Crippen LogP contribution is 2.32. The first-order valence-corrected chi connectivity index (χ1v) is 11.2. The first-order valence-electron chi connectivity index (χ1n) is 11.2. The number of aromatic amines is 1. The molecule has 2 heterocycles. The summed E-state index contributed by atoms with van der Waals surface area (Å²) in [5.74, 6) is 1.41. The Morgan fingerprint density at radius 3 is 2.65 bits per heavy atom. The Kier molecular flexibility index (Phi) is 6.01. The van der Waals surface area contributed by atoms with Crippen LogP contribution in [0.2, 0.25) is 0 Å². The van der Waals surface area contributed by atoms with Crippen LogP contribution in [0, 0.1) is 0 Å². The van der Waals surface area contributed by atoms with Gasteiger partial charge < -0.3 is 24.8 Å². The number of methoxy groups -OCH3 is 1. The van der Waals surface area contributed by atoms with Crippen LogP contribution in [0.15, 0.2) is 77.7 Å². The van der Waals surface area contributed by atoms with Gasteiger partial charge in [-0.15, -0.1) is 0 Å². The van der Waals surface area contributed by atoms with Crippen LogP contribution in [-0.4, -0.2) is 28.2 Å². The predicted octanol–water partition coefficient (Wildman–Crippen LogP) is 4.48. The predicted molar refractivity (Wildman–Crippen MR) is 134 cm³/mol. The number of hydrogen-bond donors (Lipinski definition) is 2. The van der Waals surface area contributed by atoms with Crippen molar-refractivity contribution in [2.45, 2.75) is 19.6 Å². The molecule has 0 radical (unpaired) electrons. The van der Waals surface area contributed by atoms with Gasteiger partial charge in [0, 0.05) is 35.3 Å². The molecule has 0 amide bonds. The summed E-state index contributed by atoms with van der Waals surface area (Å²) < 4.78 is 13.5. The van der Waals surface area contributed by atoms with Crippen LogP contribution in [0.4, 0.5) is 0 Å². The maximum absolute atomic E-state index is 13.0. The number of hydrogen-bond acceptors (Lipinski definition) is 5. The fourth-order valence-corrected chi connectivity index (χ4v) is 4.11. The van der Waals surface area contributed by atoms with E-state index in [1.165, 1.54) is 0 Å². The van der Waals surface area contributed by atoms with E-state index < -0.39 is 0 Å². The first-order chi connectivity index (χ1) is 16.7. The van der Waals surface area contributed by atoms with Crippen molar-refractivity contribution in [1.29, 1.82) is 0 Å². The van der Waals surface area contributed by atoms with Crippen molar-refractivity contribution in [2.75, 3.05) is 13.7 Å². The van der Waals surface area contributed by atoms with Gasteiger partial charge in [-0.2, -0.15) is 0 Å². The minimum absolute atomic E-state index is 0.244. The molecule has 0 aliphatic carbocycles. The molecule has 0 saturated heterocycles. The molecule has 5 aromatic rings. The molecule has 0 saturated carbocycles. The standard InChI is InChI=1S/C27H26N4O3/c1-33-19-8-10-23-24(15-19)29-26(27(32)30-23)22-16-31(13-5-12-28)25-11-9-20(14-21(22)25)34-17-18-6-3-2-4-7-18/h2-4,6-11,14-16H,5,12-13,17,28H2,1H3,(H,30,32). The molecule has 0 spiro atoms. The molecular formula is C27H26N4O3. The van der Waals surface area contributed by atoms with Crippen LogP contribution < -0.4 is 20.8 Å². The molecule has 0 bridgehead atoms. The highest BCUT2D eigenvalue weighted by molar-refractivity contribution is 5.96. The van der Waals surface area contributed by atoms with Crippen LogP contribution in [0.3, 0.4) is 0 Å². The number of nitrogens with two attached hydrogens (primary N) is 1. The molecule has 2 aromatic heterocycles. The molecule has 7 nitrogen and oxygen atoms in total. The van der Waals surface area contributed by atoms with Crippen LogP contribution in [-0.2, 0) is 13.2 Å². The number of ether oxygens (including phenoxy) is 2. The molecule has 0 aliphatic rings. The van der Waals surface area contributed by atoms with Gasteiger partial charge in [-0.25, -0.2) is 4.98 Å². The zero-order chi connectivity index (χ0) is 23.5. The SMILES string of the molecule is COc1ccc2[nH]c(=O)c(-c3cn(CCCN)c4ccc(OCc5ccccc5)cc34)nc2c1. The Morgan fingerprint density at radius 2 is 1.85 bits per heavy atom. The van der Waals surface area contributed by atoms with Crippen LogP contribution in [0.25, 0.3) is 33.2 Å². The molecular weight excluding hydrogens is 428 g/mol. The van der Waals surface area contributed by atoms with Crippen LogP contribution in [0.5, 0.6) is 11.5 Å². The van der Waals surface area contributed by atoms with Gasteiger partial charge in [-0.05, 0) is 48.9 Å². The van der Waals surface area contributed by atoms with E-state index in [1.807, 2.05) is 60.8 Å². The Labute approximate surface area is 196 Å². The van der Waals surface area contributed by atoms with E-state index in [0.717, 1.165) is 40.7 Å². The lowest BCUT2D eigenvalue weighted by Gasteiger charge is -2.08. The quantitative estimate of drug-likeness (QED) is 0.360. The zero-order valence-corrected chi connectivity index (χ0v) is 19.0. The minimum Gasteiger partial charge on any atom is -0.497 e. The molecule has 0 fully saturated rings. The van der Waals surface area contributed by atoms with E-state index in [1.54, 1.807) is 19.2 Å². The highest BCUT2D eigenvalue weighted by atomic mass is 16.5. The third kappa shape index (κ3) is 4.25. The van der Waals surface area contributed by atoms with Gasteiger partial charge in [0.1, 0.15) is 23.8 Å². The molecule has 5 rings (SSSR count). The van der Waals surface area contributed by atoms with Gasteiger partial charge in [-0.1, -0.05) is 30.3 Å². The monoisotopic (exact) mass is 454 g/mol. The van der Waals surface area contributed by atoms with Crippen molar-refractivity contribution < 1.29 is 9.47 Å². The maximum atomic E-state index is 13.0.